The molecule has 1 amide bonds. The summed E-state index contributed by atoms with van der Waals surface area (Å²) in [7, 11) is -3.49. The molecule has 7 heteroatoms. The Kier molecular flexibility index (Phi) is 4.54. The fourth-order valence-electron chi connectivity index (χ4n) is 2.56. The van der Waals surface area contributed by atoms with Crippen molar-refractivity contribution in [2.45, 2.75) is 39.3 Å². The van der Waals surface area contributed by atoms with E-state index in [2.05, 4.69) is 10.0 Å². The minimum atomic E-state index is -3.49. The Bertz CT molecular complexity index is 837. The largest absolute Gasteiger partial charge is 0.459 e. The number of rotatable bonds is 5. The number of sulfonamides is 1. The van der Waals surface area contributed by atoms with Crippen molar-refractivity contribution >= 4 is 26.9 Å². The first-order valence-corrected chi connectivity index (χ1v) is 9.18. The molecule has 0 spiro atoms. The van der Waals surface area contributed by atoms with Gasteiger partial charge in [0.25, 0.3) is 0 Å². The van der Waals surface area contributed by atoms with Crippen LogP contribution in [0.15, 0.2) is 28.7 Å². The normalized spacial score (nSPS) is 14.0. The van der Waals surface area contributed by atoms with Gasteiger partial charge in [0, 0.05) is 10.9 Å². The van der Waals surface area contributed by atoms with Crippen LogP contribution in [0.5, 0.6) is 0 Å². The fraction of sp³-hybridized carbons (Fsp3) is 0.438. The first kappa shape index (κ1) is 17.5. The van der Waals surface area contributed by atoms with Crippen molar-refractivity contribution in [1.29, 1.82) is 0 Å². The van der Waals surface area contributed by atoms with Crippen LogP contribution in [0.1, 0.15) is 38.1 Å². The maximum Gasteiger partial charge on any atom is 0.241 e. The highest BCUT2D eigenvalue weighted by molar-refractivity contribution is 7.88. The van der Waals surface area contributed by atoms with Crippen LogP contribution >= 0.6 is 0 Å². The number of carbonyl (C=O) groups excluding carboxylic acids is 1. The van der Waals surface area contributed by atoms with Crippen molar-refractivity contribution in [2.75, 3.05) is 6.26 Å². The van der Waals surface area contributed by atoms with Crippen molar-refractivity contribution in [3.63, 3.8) is 0 Å². The highest BCUT2D eigenvalue weighted by Crippen LogP contribution is 2.29. The zero-order valence-electron chi connectivity index (χ0n) is 13.9. The van der Waals surface area contributed by atoms with E-state index in [1.165, 1.54) is 13.8 Å². The van der Waals surface area contributed by atoms with Crippen LogP contribution in [0, 0.1) is 6.92 Å². The number of amides is 1. The van der Waals surface area contributed by atoms with Gasteiger partial charge >= 0.3 is 0 Å². The van der Waals surface area contributed by atoms with Crippen LogP contribution in [0.4, 0.5) is 0 Å². The molecule has 0 fully saturated rings. The molecule has 1 aromatic heterocycles. The standard InChI is InChI=1S/C16H22N2O4S/c1-10-12-8-6-7-9-13(12)22-14(10)11(2)17-15(19)16(3,4)18-23(5,20)21/h6-9,11,18H,1-5H3,(H,17,19). The van der Waals surface area contributed by atoms with E-state index in [1.807, 2.05) is 31.2 Å². The lowest BCUT2D eigenvalue weighted by Crippen LogP contribution is -2.54. The average molecular weight is 338 g/mol. The summed E-state index contributed by atoms with van der Waals surface area (Å²) in [5.74, 6) is 0.241. The number of para-hydroxylation sites is 1. The van der Waals surface area contributed by atoms with E-state index < -0.39 is 21.5 Å². The van der Waals surface area contributed by atoms with Gasteiger partial charge in [0.15, 0.2) is 0 Å². The van der Waals surface area contributed by atoms with Gasteiger partial charge in [-0.25, -0.2) is 13.1 Å². The molecule has 0 saturated carbocycles. The maximum absolute atomic E-state index is 12.4. The van der Waals surface area contributed by atoms with Crippen molar-refractivity contribution in [3.8, 4) is 0 Å². The summed E-state index contributed by atoms with van der Waals surface area (Å²) < 4.78 is 30.9. The first-order chi connectivity index (χ1) is 10.5. The van der Waals surface area contributed by atoms with Crippen molar-refractivity contribution in [3.05, 3.63) is 35.6 Å². The molecular formula is C16H22N2O4S. The zero-order chi connectivity index (χ0) is 17.4. The summed E-state index contributed by atoms with van der Waals surface area (Å²) in [6.07, 6.45) is 1.02. The van der Waals surface area contributed by atoms with Gasteiger partial charge in [0.05, 0.1) is 12.3 Å². The summed E-state index contributed by atoms with van der Waals surface area (Å²) in [5.41, 5.74) is 0.471. The predicted octanol–water partition coefficient (Wildman–Crippen LogP) is 2.25. The van der Waals surface area contributed by atoms with Crippen molar-refractivity contribution in [1.82, 2.24) is 10.0 Å². The lowest BCUT2D eigenvalue weighted by atomic mass is 10.0. The molecule has 6 nitrogen and oxygen atoms in total. The third-order valence-electron chi connectivity index (χ3n) is 3.63. The number of aryl methyl sites for hydroxylation is 1. The smallest absolute Gasteiger partial charge is 0.241 e. The lowest BCUT2D eigenvalue weighted by Gasteiger charge is -2.25. The van der Waals surface area contributed by atoms with Crippen molar-refractivity contribution in [2.24, 2.45) is 0 Å². The third kappa shape index (κ3) is 3.92. The van der Waals surface area contributed by atoms with E-state index in [-0.39, 0.29) is 6.04 Å². The summed E-state index contributed by atoms with van der Waals surface area (Å²) in [4.78, 5) is 12.4. The number of nitrogens with one attached hydrogen (secondary N) is 2. The molecule has 2 aromatic rings. The molecule has 1 unspecified atom stereocenters. The predicted molar refractivity (Wildman–Crippen MR) is 89.6 cm³/mol. The molecule has 126 valence electrons. The topological polar surface area (TPSA) is 88.4 Å². The minimum absolute atomic E-state index is 0.379. The zero-order valence-corrected chi connectivity index (χ0v) is 14.7. The van der Waals surface area contributed by atoms with Gasteiger partial charge in [-0.1, -0.05) is 18.2 Å². The average Bonchev–Trinajstić information content (AvgIpc) is 2.74. The quantitative estimate of drug-likeness (QED) is 0.875. The SMILES string of the molecule is Cc1c(C(C)NC(=O)C(C)(C)NS(C)(=O)=O)oc2ccccc12. The third-order valence-corrected chi connectivity index (χ3v) is 4.51. The molecule has 2 rings (SSSR count). The van der Waals surface area contributed by atoms with Gasteiger partial charge in [-0.2, -0.15) is 0 Å². The Morgan fingerprint density at radius 2 is 1.87 bits per heavy atom. The maximum atomic E-state index is 12.4. The molecule has 1 heterocycles. The van der Waals surface area contributed by atoms with E-state index in [4.69, 9.17) is 4.42 Å². The Morgan fingerprint density at radius 3 is 2.43 bits per heavy atom. The molecular weight excluding hydrogens is 316 g/mol. The number of carbonyl (C=O) groups is 1. The summed E-state index contributed by atoms with van der Waals surface area (Å²) in [6.45, 7) is 6.77. The fourth-order valence-corrected chi connectivity index (χ4v) is 3.58. The van der Waals surface area contributed by atoms with Crippen LogP contribution in [0.2, 0.25) is 0 Å². The van der Waals surface area contributed by atoms with Gasteiger partial charge in [0.1, 0.15) is 16.9 Å². The van der Waals surface area contributed by atoms with Gasteiger partial charge < -0.3 is 9.73 Å². The number of furan rings is 1. The Labute approximate surface area is 136 Å². The first-order valence-electron chi connectivity index (χ1n) is 7.29. The van der Waals surface area contributed by atoms with E-state index in [0.717, 1.165) is 22.8 Å². The van der Waals surface area contributed by atoms with Gasteiger partial charge in [-0.3, -0.25) is 4.79 Å². The van der Waals surface area contributed by atoms with E-state index in [9.17, 15) is 13.2 Å². The second kappa shape index (κ2) is 5.98. The van der Waals surface area contributed by atoms with Gasteiger partial charge in [-0.05, 0) is 33.8 Å². The Balaban J connectivity index is 2.22. The lowest BCUT2D eigenvalue weighted by molar-refractivity contribution is -0.126. The second-order valence-electron chi connectivity index (χ2n) is 6.28. The Hall–Kier alpha value is -1.86. The van der Waals surface area contributed by atoms with Crippen LogP contribution in [0.3, 0.4) is 0 Å². The number of hydrogen-bond donors (Lipinski definition) is 2. The molecule has 0 saturated heterocycles. The van der Waals surface area contributed by atoms with Crippen LogP contribution in [0.25, 0.3) is 11.0 Å². The molecule has 0 aliphatic heterocycles. The van der Waals surface area contributed by atoms with E-state index in [0.29, 0.717) is 5.76 Å². The van der Waals surface area contributed by atoms with Crippen LogP contribution in [-0.4, -0.2) is 26.1 Å². The van der Waals surface area contributed by atoms with E-state index in [1.54, 1.807) is 6.92 Å². The van der Waals surface area contributed by atoms with Crippen molar-refractivity contribution < 1.29 is 17.6 Å². The summed E-state index contributed by atoms with van der Waals surface area (Å²) in [5, 5.41) is 3.80. The van der Waals surface area contributed by atoms with Crippen LogP contribution in [-0.2, 0) is 14.8 Å². The molecule has 0 bridgehead atoms. The van der Waals surface area contributed by atoms with E-state index >= 15 is 0 Å². The molecule has 1 atom stereocenters. The van der Waals surface area contributed by atoms with Gasteiger partial charge in [0.2, 0.25) is 15.9 Å². The summed E-state index contributed by atoms with van der Waals surface area (Å²) in [6, 6.07) is 7.27. The monoisotopic (exact) mass is 338 g/mol. The number of benzene rings is 1. The summed E-state index contributed by atoms with van der Waals surface area (Å²) >= 11 is 0. The molecule has 2 N–H and O–H groups in total. The molecule has 23 heavy (non-hydrogen) atoms. The minimum Gasteiger partial charge on any atom is -0.459 e. The highest BCUT2D eigenvalue weighted by Gasteiger charge is 2.32. The highest BCUT2D eigenvalue weighted by atomic mass is 32.2. The molecule has 1 aromatic carbocycles. The number of fused-ring (bicyclic) bond motifs is 1. The molecule has 0 aliphatic rings. The van der Waals surface area contributed by atoms with Crippen LogP contribution < -0.4 is 10.0 Å². The van der Waals surface area contributed by atoms with Gasteiger partial charge in [-0.15, -0.1) is 0 Å². The number of hydrogen-bond acceptors (Lipinski definition) is 4. The second-order valence-corrected chi connectivity index (χ2v) is 8.03. The molecule has 0 radical (unpaired) electrons. The Morgan fingerprint density at radius 1 is 1.26 bits per heavy atom. The molecule has 0 aliphatic carbocycles.